The van der Waals surface area contributed by atoms with E-state index in [1.807, 2.05) is 42.5 Å². The molecule has 1 aliphatic rings. The molecule has 3 aromatic carbocycles. The van der Waals surface area contributed by atoms with Crippen molar-refractivity contribution in [3.05, 3.63) is 99.1 Å². The quantitative estimate of drug-likeness (QED) is 0.454. The first-order valence-electron chi connectivity index (χ1n) is 10.7. The zero-order chi connectivity index (χ0) is 22.0. The number of fused-ring (bicyclic) bond motifs is 1. The summed E-state index contributed by atoms with van der Waals surface area (Å²) < 4.78 is 11.8. The lowest BCUT2D eigenvalue weighted by Gasteiger charge is -2.18. The molecule has 3 heteroatoms. The van der Waals surface area contributed by atoms with Crippen molar-refractivity contribution < 1.29 is 14.3 Å². The van der Waals surface area contributed by atoms with Crippen molar-refractivity contribution in [1.82, 2.24) is 0 Å². The number of carbonyl (C=O) groups excluding carboxylic acids is 1. The van der Waals surface area contributed by atoms with Gasteiger partial charge in [0.05, 0.1) is 7.11 Å². The van der Waals surface area contributed by atoms with Gasteiger partial charge in [0.1, 0.15) is 18.1 Å². The molecule has 0 atom stereocenters. The number of allylic oxidation sites excluding steroid dienone is 1. The average Bonchev–Trinajstić information content (AvgIpc) is 2.75. The highest BCUT2D eigenvalue weighted by Crippen LogP contribution is 2.30. The van der Waals surface area contributed by atoms with E-state index >= 15 is 0 Å². The fourth-order valence-corrected chi connectivity index (χ4v) is 4.40. The Hall–Kier alpha value is -3.33. The zero-order valence-electron chi connectivity index (χ0n) is 18.6. The molecule has 31 heavy (non-hydrogen) atoms. The first-order chi connectivity index (χ1) is 15.0. The van der Waals surface area contributed by atoms with Crippen LogP contribution in [0.15, 0.2) is 60.2 Å². The summed E-state index contributed by atoms with van der Waals surface area (Å²) in [5.74, 6) is 1.82. The van der Waals surface area contributed by atoms with Crippen molar-refractivity contribution in [2.45, 2.75) is 40.2 Å². The summed E-state index contributed by atoms with van der Waals surface area (Å²) in [4.78, 5) is 12.9. The second-order valence-electron chi connectivity index (χ2n) is 8.24. The number of carbonyl (C=O) groups is 1. The summed E-state index contributed by atoms with van der Waals surface area (Å²) in [7, 11) is 1.67. The van der Waals surface area contributed by atoms with E-state index in [4.69, 9.17) is 9.47 Å². The highest BCUT2D eigenvalue weighted by Gasteiger charge is 2.21. The lowest BCUT2D eigenvalue weighted by molar-refractivity contribution is 0.102. The molecule has 0 unspecified atom stereocenters. The van der Waals surface area contributed by atoms with Crippen LogP contribution >= 0.6 is 0 Å². The maximum Gasteiger partial charge on any atom is 0.189 e. The topological polar surface area (TPSA) is 35.5 Å². The molecular weight excluding hydrogens is 384 g/mol. The Balaban J connectivity index is 1.60. The number of benzene rings is 3. The molecule has 1 aliphatic carbocycles. The van der Waals surface area contributed by atoms with Gasteiger partial charge in [0, 0.05) is 16.7 Å². The van der Waals surface area contributed by atoms with Crippen LogP contribution in [0, 0.1) is 20.8 Å². The Morgan fingerprint density at radius 3 is 2.42 bits per heavy atom. The van der Waals surface area contributed by atoms with Crippen molar-refractivity contribution in [3.8, 4) is 11.5 Å². The summed E-state index contributed by atoms with van der Waals surface area (Å²) in [5, 5.41) is 0. The highest BCUT2D eigenvalue weighted by atomic mass is 16.5. The molecular formula is C28H28O3. The molecule has 0 heterocycles. The van der Waals surface area contributed by atoms with Crippen LogP contribution in [0.2, 0.25) is 0 Å². The first-order valence-corrected chi connectivity index (χ1v) is 10.7. The minimum atomic E-state index is 0.126. The van der Waals surface area contributed by atoms with Crippen molar-refractivity contribution in [3.63, 3.8) is 0 Å². The second-order valence-corrected chi connectivity index (χ2v) is 8.24. The molecule has 3 aromatic rings. The molecule has 158 valence electrons. The molecule has 0 saturated heterocycles. The Morgan fingerprint density at radius 1 is 0.935 bits per heavy atom. The number of Topliss-reactive ketones (excluding diaryl/α,β-unsaturated/α-hetero) is 1. The third-order valence-electron chi connectivity index (χ3n) is 5.84. The van der Waals surface area contributed by atoms with Crippen LogP contribution in [-0.2, 0) is 13.0 Å². The molecule has 0 N–H and O–H groups in total. The van der Waals surface area contributed by atoms with E-state index in [0.717, 1.165) is 63.3 Å². The normalized spacial score (nSPS) is 14.5. The average molecular weight is 413 g/mol. The maximum absolute atomic E-state index is 12.9. The number of hydrogen-bond donors (Lipinski definition) is 0. The number of aryl methyl sites for hydroxylation is 4. The van der Waals surface area contributed by atoms with Crippen LogP contribution in [0.5, 0.6) is 11.5 Å². The predicted molar refractivity (Wildman–Crippen MR) is 125 cm³/mol. The van der Waals surface area contributed by atoms with Crippen LogP contribution in [0.4, 0.5) is 0 Å². The van der Waals surface area contributed by atoms with Gasteiger partial charge in [-0.1, -0.05) is 48.0 Å². The van der Waals surface area contributed by atoms with Gasteiger partial charge < -0.3 is 9.47 Å². The standard InChI is InChI=1S/C28H28O3/c1-18-13-19(2)28(20(3)14-18)31-17-24-16-21(9-12-26(24)30-4)15-23-11-10-22-7-5-6-8-25(22)27(23)29/h5-9,12-16H,10-11,17H2,1-4H3/b23-15+. The van der Waals surface area contributed by atoms with Gasteiger partial charge in [0.15, 0.2) is 5.78 Å². The van der Waals surface area contributed by atoms with Crippen molar-refractivity contribution >= 4 is 11.9 Å². The molecule has 0 aliphatic heterocycles. The van der Waals surface area contributed by atoms with Crippen molar-refractivity contribution in [2.24, 2.45) is 0 Å². The Labute approximate surface area is 184 Å². The number of rotatable bonds is 5. The van der Waals surface area contributed by atoms with Crippen LogP contribution in [0.25, 0.3) is 6.08 Å². The van der Waals surface area contributed by atoms with E-state index in [2.05, 4.69) is 39.0 Å². The molecule has 0 bridgehead atoms. The smallest absolute Gasteiger partial charge is 0.189 e. The third kappa shape index (κ3) is 4.41. The lowest BCUT2D eigenvalue weighted by Crippen LogP contribution is -2.13. The van der Waals surface area contributed by atoms with Gasteiger partial charge in [-0.25, -0.2) is 0 Å². The largest absolute Gasteiger partial charge is 0.496 e. The molecule has 0 fully saturated rings. The lowest BCUT2D eigenvalue weighted by atomic mass is 9.86. The SMILES string of the molecule is COc1ccc(/C=C2\CCc3ccccc3C2=O)cc1COc1c(C)cc(C)cc1C. The number of hydrogen-bond acceptors (Lipinski definition) is 3. The fourth-order valence-electron chi connectivity index (χ4n) is 4.40. The Kier molecular flexibility index (Phi) is 5.94. The number of ether oxygens (including phenoxy) is 2. The van der Waals surface area contributed by atoms with E-state index in [0.29, 0.717) is 6.61 Å². The number of ketones is 1. The van der Waals surface area contributed by atoms with Gasteiger partial charge in [-0.2, -0.15) is 0 Å². The Bertz CT molecular complexity index is 1150. The van der Waals surface area contributed by atoms with Crippen LogP contribution in [0.1, 0.15) is 50.2 Å². The van der Waals surface area contributed by atoms with Gasteiger partial charge >= 0.3 is 0 Å². The zero-order valence-corrected chi connectivity index (χ0v) is 18.6. The summed E-state index contributed by atoms with van der Waals surface area (Å²) >= 11 is 0. The Morgan fingerprint density at radius 2 is 1.68 bits per heavy atom. The second kappa shape index (κ2) is 8.81. The summed E-state index contributed by atoms with van der Waals surface area (Å²) in [6.07, 6.45) is 3.66. The maximum atomic E-state index is 12.9. The van der Waals surface area contributed by atoms with E-state index in [1.165, 1.54) is 5.56 Å². The van der Waals surface area contributed by atoms with Crippen molar-refractivity contribution in [1.29, 1.82) is 0 Å². The van der Waals surface area contributed by atoms with E-state index in [9.17, 15) is 4.79 Å². The fraction of sp³-hybridized carbons (Fsp3) is 0.250. The van der Waals surface area contributed by atoms with E-state index in [1.54, 1.807) is 7.11 Å². The molecule has 0 aromatic heterocycles. The minimum absolute atomic E-state index is 0.126. The van der Waals surface area contributed by atoms with Crippen LogP contribution in [-0.4, -0.2) is 12.9 Å². The molecule has 3 nitrogen and oxygen atoms in total. The van der Waals surface area contributed by atoms with E-state index < -0.39 is 0 Å². The van der Waals surface area contributed by atoms with Gasteiger partial charge in [-0.3, -0.25) is 4.79 Å². The van der Waals surface area contributed by atoms with Crippen molar-refractivity contribution in [2.75, 3.05) is 7.11 Å². The molecule has 0 spiro atoms. The predicted octanol–water partition coefficient (Wildman–Crippen LogP) is 6.41. The van der Waals surface area contributed by atoms with Gasteiger partial charge in [0.2, 0.25) is 0 Å². The van der Waals surface area contributed by atoms with Gasteiger partial charge in [-0.15, -0.1) is 0 Å². The third-order valence-corrected chi connectivity index (χ3v) is 5.84. The molecule has 0 radical (unpaired) electrons. The van der Waals surface area contributed by atoms with Crippen LogP contribution < -0.4 is 9.47 Å². The summed E-state index contributed by atoms with van der Waals surface area (Å²) in [6.45, 7) is 6.64. The monoisotopic (exact) mass is 412 g/mol. The molecule has 0 saturated carbocycles. The van der Waals surface area contributed by atoms with E-state index in [-0.39, 0.29) is 5.78 Å². The van der Waals surface area contributed by atoms with Gasteiger partial charge in [0.25, 0.3) is 0 Å². The van der Waals surface area contributed by atoms with Gasteiger partial charge in [-0.05, 0) is 74.1 Å². The molecule has 4 rings (SSSR count). The molecule has 0 amide bonds. The summed E-state index contributed by atoms with van der Waals surface area (Å²) in [5.41, 5.74) is 8.23. The number of methoxy groups -OCH3 is 1. The first kappa shape index (κ1) is 20.9. The van der Waals surface area contributed by atoms with Crippen LogP contribution in [0.3, 0.4) is 0 Å². The highest BCUT2D eigenvalue weighted by molar-refractivity contribution is 6.13. The minimum Gasteiger partial charge on any atom is -0.496 e. The summed E-state index contributed by atoms with van der Waals surface area (Å²) in [6, 6.07) is 18.1.